The molecule has 0 aliphatic rings. The molecule has 0 amide bonds. The maximum absolute atomic E-state index is 4.19. The quantitative estimate of drug-likeness (QED) is 0.618. The van der Waals surface area contributed by atoms with Gasteiger partial charge in [0.05, 0.1) is 0 Å². The molecule has 3 heteroatoms. The highest BCUT2D eigenvalue weighted by Gasteiger charge is 1.95. The summed E-state index contributed by atoms with van der Waals surface area (Å²) in [5.74, 6) is 0. The zero-order valence-electron chi connectivity index (χ0n) is 4.50. The zero-order chi connectivity index (χ0) is 6.85. The third kappa shape index (κ3) is 1.66. The van der Waals surface area contributed by atoms with Crippen LogP contribution in [0.2, 0.25) is 0 Å². The molecule has 0 unspecified atom stereocenters. The van der Waals surface area contributed by atoms with E-state index in [1.165, 1.54) is 0 Å². The van der Waals surface area contributed by atoms with Crippen LogP contribution in [0.15, 0.2) is 32.5 Å². The molecule has 0 aromatic heterocycles. The molecular weight excluding hydrogens is 216 g/mol. The fourth-order valence-corrected chi connectivity index (χ4v) is 1.38. The van der Waals surface area contributed by atoms with E-state index in [0.29, 0.717) is 0 Å². The van der Waals surface area contributed by atoms with E-state index in [9.17, 15) is 0 Å². The Morgan fingerprint density at radius 2 is 1.89 bits per heavy atom. The smallest absolute Gasteiger partial charge is 0.0319 e. The fourth-order valence-electron chi connectivity index (χ4n) is 0.504. The van der Waals surface area contributed by atoms with Gasteiger partial charge in [0.25, 0.3) is 0 Å². The van der Waals surface area contributed by atoms with Crippen LogP contribution in [0.1, 0.15) is 0 Å². The number of hydrogen-bond acceptors (Lipinski definition) is 2. The van der Waals surface area contributed by atoms with E-state index in [-0.39, 0.29) is 0 Å². The SMILES string of the molecule is Sc1cccc(Br)c1S. The Morgan fingerprint density at radius 3 is 2.33 bits per heavy atom. The highest BCUT2D eigenvalue weighted by Crippen LogP contribution is 2.26. The maximum Gasteiger partial charge on any atom is 0.0319 e. The van der Waals surface area contributed by atoms with E-state index in [0.717, 1.165) is 14.3 Å². The zero-order valence-corrected chi connectivity index (χ0v) is 7.88. The summed E-state index contributed by atoms with van der Waals surface area (Å²) in [6.45, 7) is 0. The molecule has 1 aromatic carbocycles. The van der Waals surface area contributed by atoms with Crippen molar-refractivity contribution in [2.45, 2.75) is 9.79 Å². The Bertz CT molecular complexity index is 202. The van der Waals surface area contributed by atoms with Crippen LogP contribution in [-0.2, 0) is 0 Å². The van der Waals surface area contributed by atoms with Gasteiger partial charge in [-0.05, 0) is 28.1 Å². The van der Waals surface area contributed by atoms with Gasteiger partial charge in [0.1, 0.15) is 0 Å². The Balaban J connectivity index is 3.25. The van der Waals surface area contributed by atoms with Gasteiger partial charge in [-0.1, -0.05) is 6.07 Å². The highest BCUT2D eigenvalue weighted by molar-refractivity contribution is 9.10. The van der Waals surface area contributed by atoms with E-state index in [2.05, 4.69) is 41.2 Å². The minimum Gasteiger partial charge on any atom is -0.142 e. The first-order valence-corrected chi connectivity index (χ1v) is 4.07. The summed E-state index contributed by atoms with van der Waals surface area (Å²) in [5.41, 5.74) is 0. The number of halogens is 1. The van der Waals surface area contributed by atoms with Gasteiger partial charge in [-0.15, -0.1) is 25.3 Å². The van der Waals surface area contributed by atoms with E-state index in [1.807, 2.05) is 18.2 Å². The molecule has 0 atom stereocenters. The van der Waals surface area contributed by atoms with Gasteiger partial charge in [0.15, 0.2) is 0 Å². The second-order valence-corrected chi connectivity index (χ2v) is 3.39. The number of hydrogen-bond donors (Lipinski definition) is 2. The van der Waals surface area contributed by atoms with Crippen LogP contribution in [0.5, 0.6) is 0 Å². The second kappa shape index (κ2) is 2.99. The predicted octanol–water partition coefficient (Wildman–Crippen LogP) is 3.03. The molecule has 0 nitrogen and oxygen atoms in total. The van der Waals surface area contributed by atoms with Gasteiger partial charge in [-0.3, -0.25) is 0 Å². The molecule has 0 spiro atoms. The highest BCUT2D eigenvalue weighted by atomic mass is 79.9. The van der Waals surface area contributed by atoms with Gasteiger partial charge in [-0.2, -0.15) is 0 Å². The molecule has 0 saturated carbocycles. The Labute approximate surface area is 73.6 Å². The Hall–Kier alpha value is 0.400. The number of thiol groups is 2. The van der Waals surface area contributed by atoms with Crippen molar-refractivity contribution >= 4 is 41.2 Å². The molecule has 0 radical (unpaired) electrons. The molecule has 48 valence electrons. The first-order chi connectivity index (χ1) is 4.22. The van der Waals surface area contributed by atoms with Gasteiger partial charge in [0, 0.05) is 14.3 Å². The summed E-state index contributed by atoms with van der Waals surface area (Å²) in [4.78, 5) is 1.79. The molecule has 9 heavy (non-hydrogen) atoms. The number of rotatable bonds is 0. The average molecular weight is 221 g/mol. The molecular formula is C6H5BrS2. The van der Waals surface area contributed by atoms with Crippen molar-refractivity contribution in [1.82, 2.24) is 0 Å². The molecule has 0 heterocycles. The normalized spacial score (nSPS) is 9.67. The lowest BCUT2D eigenvalue weighted by molar-refractivity contribution is 1.24. The van der Waals surface area contributed by atoms with Crippen molar-refractivity contribution in [1.29, 1.82) is 0 Å². The average Bonchev–Trinajstić information content (AvgIpc) is 1.83. The molecule has 0 N–H and O–H groups in total. The van der Waals surface area contributed by atoms with Crippen molar-refractivity contribution in [3.8, 4) is 0 Å². The molecule has 0 bridgehead atoms. The standard InChI is InChI=1S/C6H5BrS2/c7-4-2-1-3-5(8)6(4)9/h1-3,8-9H. The lowest BCUT2D eigenvalue weighted by Gasteiger charge is -1.97. The van der Waals surface area contributed by atoms with Crippen molar-refractivity contribution < 1.29 is 0 Å². The molecule has 0 fully saturated rings. The van der Waals surface area contributed by atoms with Crippen molar-refractivity contribution in [2.24, 2.45) is 0 Å². The summed E-state index contributed by atoms with van der Waals surface area (Å²) in [7, 11) is 0. The lowest BCUT2D eigenvalue weighted by atomic mass is 10.4. The molecule has 0 saturated heterocycles. The van der Waals surface area contributed by atoms with Gasteiger partial charge in [0.2, 0.25) is 0 Å². The van der Waals surface area contributed by atoms with Gasteiger partial charge < -0.3 is 0 Å². The van der Waals surface area contributed by atoms with Crippen LogP contribution in [0.4, 0.5) is 0 Å². The van der Waals surface area contributed by atoms with Crippen molar-refractivity contribution in [2.75, 3.05) is 0 Å². The fraction of sp³-hybridized carbons (Fsp3) is 0. The third-order valence-corrected chi connectivity index (χ3v) is 2.96. The van der Waals surface area contributed by atoms with Gasteiger partial charge >= 0.3 is 0 Å². The maximum atomic E-state index is 4.19. The van der Waals surface area contributed by atoms with E-state index < -0.39 is 0 Å². The first-order valence-electron chi connectivity index (χ1n) is 2.38. The van der Waals surface area contributed by atoms with Crippen LogP contribution < -0.4 is 0 Å². The molecule has 1 aromatic rings. The molecule has 1 rings (SSSR count). The number of benzene rings is 1. The topological polar surface area (TPSA) is 0 Å². The predicted molar refractivity (Wildman–Crippen MR) is 48.6 cm³/mol. The van der Waals surface area contributed by atoms with Crippen LogP contribution >= 0.6 is 41.2 Å². The van der Waals surface area contributed by atoms with Crippen LogP contribution in [0.25, 0.3) is 0 Å². The van der Waals surface area contributed by atoms with E-state index in [4.69, 9.17) is 0 Å². The summed E-state index contributed by atoms with van der Waals surface area (Å²) in [6, 6.07) is 5.75. The first kappa shape index (κ1) is 7.51. The Morgan fingerprint density at radius 1 is 1.22 bits per heavy atom. The van der Waals surface area contributed by atoms with E-state index >= 15 is 0 Å². The lowest BCUT2D eigenvalue weighted by Crippen LogP contribution is -1.70. The van der Waals surface area contributed by atoms with E-state index in [1.54, 1.807) is 0 Å². The van der Waals surface area contributed by atoms with Crippen LogP contribution in [0, 0.1) is 0 Å². The third-order valence-electron chi connectivity index (χ3n) is 0.965. The molecule has 0 aliphatic carbocycles. The van der Waals surface area contributed by atoms with Crippen molar-refractivity contribution in [3.05, 3.63) is 22.7 Å². The second-order valence-electron chi connectivity index (χ2n) is 1.61. The monoisotopic (exact) mass is 220 g/mol. The summed E-state index contributed by atoms with van der Waals surface area (Å²) in [5, 5.41) is 0. The summed E-state index contributed by atoms with van der Waals surface area (Å²) < 4.78 is 0.985. The Kier molecular flexibility index (Phi) is 2.50. The van der Waals surface area contributed by atoms with Crippen molar-refractivity contribution in [3.63, 3.8) is 0 Å². The summed E-state index contributed by atoms with van der Waals surface area (Å²) >= 11 is 11.7. The van der Waals surface area contributed by atoms with Crippen LogP contribution in [0.3, 0.4) is 0 Å². The minimum absolute atomic E-state index is 0.890. The summed E-state index contributed by atoms with van der Waals surface area (Å²) in [6.07, 6.45) is 0. The minimum atomic E-state index is 0.890. The molecule has 0 aliphatic heterocycles. The van der Waals surface area contributed by atoms with Crippen LogP contribution in [-0.4, -0.2) is 0 Å². The largest absolute Gasteiger partial charge is 0.142 e. The van der Waals surface area contributed by atoms with Gasteiger partial charge in [-0.25, -0.2) is 0 Å².